The van der Waals surface area contributed by atoms with Gasteiger partial charge >= 0.3 is 0 Å². The number of hydrogen-bond acceptors (Lipinski definition) is 3. The molecule has 1 saturated heterocycles. The number of aromatic nitrogens is 1. The first kappa shape index (κ1) is 10.7. The number of aryl methyl sites for hydroxylation is 1. The van der Waals surface area contributed by atoms with Gasteiger partial charge in [-0.2, -0.15) is 0 Å². The summed E-state index contributed by atoms with van der Waals surface area (Å²) in [6.07, 6.45) is 0. The first-order valence-electron chi connectivity index (χ1n) is 5.15. The molecule has 1 fully saturated rings. The van der Waals surface area contributed by atoms with Gasteiger partial charge in [-0.15, -0.1) is 0 Å². The molecule has 4 heteroatoms. The summed E-state index contributed by atoms with van der Waals surface area (Å²) in [6, 6.07) is 1.94. The lowest BCUT2D eigenvalue weighted by molar-refractivity contribution is 0.122. The van der Waals surface area contributed by atoms with Crippen LogP contribution in [-0.2, 0) is 4.74 Å². The summed E-state index contributed by atoms with van der Waals surface area (Å²) >= 11 is 5.97. The van der Waals surface area contributed by atoms with E-state index < -0.39 is 0 Å². The second kappa shape index (κ2) is 4.37. The van der Waals surface area contributed by atoms with E-state index in [0.29, 0.717) is 5.15 Å². The van der Waals surface area contributed by atoms with Crippen LogP contribution in [0.2, 0.25) is 5.15 Å². The average molecular weight is 227 g/mol. The van der Waals surface area contributed by atoms with Crippen LogP contribution in [-0.4, -0.2) is 31.3 Å². The van der Waals surface area contributed by atoms with Crippen molar-refractivity contribution in [1.82, 2.24) is 4.98 Å². The number of pyridine rings is 1. The largest absolute Gasteiger partial charge is 0.378 e. The zero-order chi connectivity index (χ0) is 10.8. The third-order valence-electron chi connectivity index (χ3n) is 2.81. The van der Waals surface area contributed by atoms with Crippen LogP contribution in [0.4, 0.5) is 5.69 Å². The van der Waals surface area contributed by atoms with Gasteiger partial charge in [0, 0.05) is 24.5 Å². The number of ether oxygens (including phenoxy) is 1. The highest BCUT2D eigenvalue weighted by Gasteiger charge is 2.15. The fourth-order valence-corrected chi connectivity index (χ4v) is 2.05. The summed E-state index contributed by atoms with van der Waals surface area (Å²) in [5.74, 6) is 0. The monoisotopic (exact) mass is 226 g/mol. The predicted molar refractivity (Wildman–Crippen MR) is 61.8 cm³/mol. The van der Waals surface area contributed by atoms with E-state index >= 15 is 0 Å². The van der Waals surface area contributed by atoms with Crippen molar-refractivity contribution in [3.8, 4) is 0 Å². The number of anilines is 1. The Balaban J connectivity index is 2.33. The molecule has 0 radical (unpaired) electrons. The first-order valence-corrected chi connectivity index (χ1v) is 5.52. The van der Waals surface area contributed by atoms with Gasteiger partial charge in [-0.25, -0.2) is 4.98 Å². The highest BCUT2D eigenvalue weighted by Crippen LogP contribution is 2.25. The molecule has 1 aliphatic heterocycles. The lowest BCUT2D eigenvalue weighted by Crippen LogP contribution is -2.36. The van der Waals surface area contributed by atoms with E-state index in [1.807, 2.05) is 13.0 Å². The molecule has 0 amide bonds. The van der Waals surface area contributed by atoms with E-state index in [1.54, 1.807) is 0 Å². The predicted octanol–water partition coefficient (Wildman–Crippen LogP) is 2.19. The van der Waals surface area contributed by atoms with Crippen molar-refractivity contribution < 1.29 is 4.74 Å². The van der Waals surface area contributed by atoms with Crippen LogP contribution in [0, 0.1) is 13.8 Å². The quantitative estimate of drug-likeness (QED) is 0.687. The van der Waals surface area contributed by atoms with Gasteiger partial charge in [-0.05, 0) is 25.5 Å². The van der Waals surface area contributed by atoms with Gasteiger partial charge in [0.05, 0.1) is 13.2 Å². The lowest BCUT2D eigenvalue weighted by Gasteiger charge is -2.30. The Hall–Kier alpha value is -0.800. The van der Waals surface area contributed by atoms with Crippen LogP contribution in [0.1, 0.15) is 11.3 Å². The smallest absolute Gasteiger partial charge is 0.131 e. The summed E-state index contributed by atoms with van der Waals surface area (Å²) in [4.78, 5) is 6.54. The van der Waals surface area contributed by atoms with Crippen LogP contribution in [0.25, 0.3) is 0 Å². The molecular weight excluding hydrogens is 212 g/mol. The number of halogens is 1. The Morgan fingerprint density at radius 1 is 1.33 bits per heavy atom. The molecule has 0 atom stereocenters. The summed E-state index contributed by atoms with van der Waals surface area (Å²) in [6.45, 7) is 7.52. The summed E-state index contributed by atoms with van der Waals surface area (Å²) < 4.78 is 5.33. The molecule has 1 aliphatic rings. The van der Waals surface area contributed by atoms with Gasteiger partial charge in [0.2, 0.25) is 0 Å². The molecule has 2 rings (SSSR count). The standard InChI is InChI=1S/C11H15ClN2O/c1-8-9(2)13-11(12)7-10(8)14-3-5-15-6-4-14/h7H,3-6H2,1-2H3. The zero-order valence-electron chi connectivity index (χ0n) is 9.09. The highest BCUT2D eigenvalue weighted by molar-refractivity contribution is 6.29. The molecule has 1 aromatic heterocycles. The maximum Gasteiger partial charge on any atom is 0.131 e. The van der Waals surface area contributed by atoms with E-state index in [0.717, 1.165) is 32.0 Å². The Bertz CT molecular complexity index is 362. The van der Waals surface area contributed by atoms with Gasteiger partial charge in [0.1, 0.15) is 5.15 Å². The molecule has 0 bridgehead atoms. The maximum atomic E-state index is 5.97. The number of rotatable bonds is 1. The fourth-order valence-electron chi connectivity index (χ4n) is 1.82. The molecular formula is C11H15ClN2O. The van der Waals surface area contributed by atoms with Gasteiger partial charge in [-0.1, -0.05) is 11.6 Å². The van der Waals surface area contributed by atoms with Crippen LogP contribution < -0.4 is 4.90 Å². The zero-order valence-corrected chi connectivity index (χ0v) is 9.84. The summed E-state index contributed by atoms with van der Waals surface area (Å²) in [5, 5.41) is 0.569. The molecule has 0 saturated carbocycles. The molecule has 2 heterocycles. The van der Waals surface area contributed by atoms with Gasteiger partial charge in [0.15, 0.2) is 0 Å². The molecule has 82 valence electrons. The Labute approximate surface area is 95.0 Å². The van der Waals surface area contributed by atoms with E-state index in [9.17, 15) is 0 Å². The van der Waals surface area contributed by atoms with E-state index in [4.69, 9.17) is 16.3 Å². The first-order chi connectivity index (χ1) is 7.18. The lowest BCUT2D eigenvalue weighted by atomic mass is 10.1. The minimum Gasteiger partial charge on any atom is -0.378 e. The van der Waals surface area contributed by atoms with E-state index in [2.05, 4.69) is 16.8 Å². The fraction of sp³-hybridized carbons (Fsp3) is 0.545. The van der Waals surface area contributed by atoms with Gasteiger partial charge < -0.3 is 9.64 Å². The van der Waals surface area contributed by atoms with Crippen molar-refractivity contribution in [2.75, 3.05) is 31.2 Å². The second-order valence-electron chi connectivity index (χ2n) is 3.77. The molecule has 0 N–H and O–H groups in total. The summed E-state index contributed by atoms with van der Waals surface area (Å²) in [5.41, 5.74) is 3.40. The molecule has 0 aromatic carbocycles. The van der Waals surface area contributed by atoms with Crippen molar-refractivity contribution in [2.45, 2.75) is 13.8 Å². The average Bonchev–Trinajstić information content (AvgIpc) is 2.24. The SMILES string of the molecule is Cc1nc(Cl)cc(N2CCOCC2)c1C. The third kappa shape index (κ3) is 2.24. The van der Waals surface area contributed by atoms with Crippen LogP contribution in [0.5, 0.6) is 0 Å². The normalized spacial score (nSPS) is 16.9. The second-order valence-corrected chi connectivity index (χ2v) is 4.16. The Kier molecular flexibility index (Phi) is 3.12. The molecule has 0 unspecified atom stereocenters. The van der Waals surface area contributed by atoms with E-state index in [1.165, 1.54) is 11.3 Å². The topological polar surface area (TPSA) is 25.4 Å². The van der Waals surface area contributed by atoms with Crippen molar-refractivity contribution in [1.29, 1.82) is 0 Å². The minimum atomic E-state index is 0.569. The Morgan fingerprint density at radius 2 is 2.00 bits per heavy atom. The number of morpholine rings is 1. The van der Waals surface area contributed by atoms with Crippen molar-refractivity contribution in [3.05, 3.63) is 22.5 Å². The van der Waals surface area contributed by atoms with Crippen molar-refractivity contribution >= 4 is 17.3 Å². The summed E-state index contributed by atoms with van der Waals surface area (Å²) in [7, 11) is 0. The maximum absolute atomic E-state index is 5.97. The van der Waals surface area contributed by atoms with Crippen LogP contribution >= 0.6 is 11.6 Å². The van der Waals surface area contributed by atoms with Crippen molar-refractivity contribution in [2.24, 2.45) is 0 Å². The van der Waals surface area contributed by atoms with Crippen LogP contribution in [0.15, 0.2) is 6.07 Å². The highest BCUT2D eigenvalue weighted by atomic mass is 35.5. The molecule has 0 aliphatic carbocycles. The number of hydrogen-bond donors (Lipinski definition) is 0. The molecule has 3 nitrogen and oxygen atoms in total. The minimum absolute atomic E-state index is 0.569. The van der Waals surface area contributed by atoms with E-state index in [-0.39, 0.29) is 0 Å². The Morgan fingerprint density at radius 3 is 2.67 bits per heavy atom. The third-order valence-corrected chi connectivity index (χ3v) is 3.00. The van der Waals surface area contributed by atoms with Crippen molar-refractivity contribution in [3.63, 3.8) is 0 Å². The van der Waals surface area contributed by atoms with Gasteiger partial charge in [-0.3, -0.25) is 0 Å². The number of nitrogens with zero attached hydrogens (tertiary/aromatic N) is 2. The molecule has 1 aromatic rings. The van der Waals surface area contributed by atoms with Crippen LogP contribution in [0.3, 0.4) is 0 Å². The van der Waals surface area contributed by atoms with Gasteiger partial charge in [0.25, 0.3) is 0 Å². The molecule has 15 heavy (non-hydrogen) atoms. The molecule has 0 spiro atoms.